The Kier molecular flexibility index (Phi) is 6.98. The number of carbonyl (C=O) groups is 1. The molecule has 2 aromatic carbocycles. The standard InChI is InChI=1S/C23H26N4O3S2/c1-17-21(15-18-7-3-2-4-8-18)26-23(24-17)31-16-22(28)25-19-9-11-20(12-10-19)32(29,30)27-13-5-6-14-27/h2-4,7-12H,5-6,13-16H2,1H3,(H,24,26)(H,25,28). The van der Waals surface area contributed by atoms with Crippen LogP contribution in [-0.4, -0.2) is 47.4 Å². The Balaban J connectivity index is 1.31. The van der Waals surface area contributed by atoms with E-state index in [1.54, 1.807) is 24.3 Å². The van der Waals surface area contributed by atoms with Gasteiger partial charge in [-0.1, -0.05) is 42.1 Å². The molecule has 168 valence electrons. The van der Waals surface area contributed by atoms with Crippen LogP contribution in [-0.2, 0) is 21.2 Å². The zero-order valence-electron chi connectivity index (χ0n) is 17.9. The lowest BCUT2D eigenvalue weighted by molar-refractivity contribution is -0.113. The number of H-pyrrole nitrogens is 1. The van der Waals surface area contributed by atoms with Crippen molar-refractivity contribution in [3.63, 3.8) is 0 Å². The summed E-state index contributed by atoms with van der Waals surface area (Å²) in [5.74, 6) is 0.0229. The molecule has 0 bridgehead atoms. The average Bonchev–Trinajstić information content (AvgIpc) is 3.44. The van der Waals surface area contributed by atoms with Gasteiger partial charge in [0.15, 0.2) is 5.16 Å². The Morgan fingerprint density at radius 2 is 1.78 bits per heavy atom. The van der Waals surface area contributed by atoms with E-state index in [1.165, 1.54) is 21.6 Å². The van der Waals surface area contributed by atoms with Crippen molar-refractivity contribution in [2.75, 3.05) is 24.2 Å². The van der Waals surface area contributed by atoms with E-state index < -0.39 is 10.0 Å². The Bertz CT molecular complexity index is 1170. The predicted molar refractivity (Wildman–Crippen MR) is 126 cm³/mol. The van der Waals surface area contributed by atoms with Gasteiger partial charge in [-0.15, -0.1) is 0 Å². The molecular formula is C23H26N4O3S2. The zero-order valence-corrected chi connectivity index (χ0v) is 19.5. The molecular weight excluding hydrogens is 444 g/mol. The first-order valence-electron chi connectivity index (χ1n) is 10.5. The number of rotatable bonds is 8. The summed E-state index contributed by atoms with van der Waals surface area (Å²) in [6.07, 6.45) is 2.53. The third kappa shape index (κ3) is 5.40. The van der Waals surface area contributed by atoms with Crippen molar-refractivity contribution in [1.29, 1.82) is 0 Å². The Labute approximate surface area is 192 Å². The van der Waals surface area contributed by atoms with Crippen molar-refractivity contribution in [3.8, 4) is 0 Å². The van der Waals surface area contributed by atoms with Crippen molar-refractivity contribution in [3.05, 3.63) is 71.5 Å². The molecule has 1 aliphatic rings. The van der Waals surface area contributed by atoms with Crippen LogP contribution >= 0.6 is 11.8 Å². The number of hydrogen-bond donors (Lipinski definition) is 2. The first-order valence-corrected chi connectivity index (χ1v) is 13.0. The molecule has 1 saturated heterocycles. The number of aromatic amines is 1. The molecule has 3 aromatic rings. The molecule has 1 aliphatic heterocycles. The highest BCUT2D eigenvalue weighted by molar-refractivity contribution is 7.99. The third-order valence-corrected chi connectivity index (χ3v) is 8.15. The molecule has 0 spiro atoms. The van der Waals surface area contributed by atoms with Crippen LogP contribution < -0.4 is 5.32 Å². The lowest BCUT2D eigenvalue weighted by Crippen LogP contribution is -2.27. The van der Waals surface area contributed by atoms with Crippen molar-refractivity contribution in [1.82, 2.24) is 14.3 Å². The fraction of sp³-hybridized carbons (Fsp3) is 0.304. The number of sulfonamides is 1. The van der Waals surface area contributed by atoms with Crippen LogP contribution in [0.5, 0.6) is 0 Å². The first kappa shape index (κ1) is 22.6. The number of hydrogen-bond acceptors (Lipinski definition) is 5. The number of carbonyl (C=O) groups excluding carboxylic acids is 1. The summed E-state index contributed by atoms with van der Waals surface area (Å²) in [5.41, 5.74) is 3.71. The maximum atomic E-state index is 12.6. The van der Waals surface area contributed by atoms with E-state index in [4.69, 9.17) is 0 Å². The third-order valence-electron chi connectivity index (χ3n) is 5.36. The Hall–Kier alpha value is -2.62. The molecule has 1 fully saturated rings. The number of thioether (sulfide) groups is 1. The number of benzene rings is 2. The number of nitrogens with zero attached hydrogens (tertiary/aromatic N) is 2. The highest BCUT2D eigenvalue weighted by atomic mass is 32.2. The molecule has 1 amide bonds. The number of aryl methyl sites for hydroxylation is 1. The average molecular weight is 471 g/mol. The van der Waals surface area contributed by atoms with Crippen molar-refractivity contribution in [2.24, 2.45) is 0 Å². The van der Waals surface area contributed by atoms with Gasteiger partial charge in [0.2, 0.25) is 15.9 Å². The summed E-state index contributed by atoms with van der Waals surface area (Å²) in [6, 6.07) is 16.5. The van der Waals surface area contributed by atoms with E-state index in [9.17, 15) is 13.2 Å². The van der Waals surface area contributed by atoms with Gasteiger partial charge in [0.05, 0.1) is 16.3 Å². The number of nitrogens with one attached hydrogen (secondary N) is 2. The zero-order chi connectivity index (χ0) is 22.6. The number of aromatic nitrogens is 2. The van der Waals surface area contributed by atoms with E-state index in [1.807, 2.05) is 25.1 Å². The molecule has 2 heterocycles. The topological polar surface area (TPSA) is 95.2 Å². The minimum Gasteiger partial charge on any atom is -0.337 e. The van der Waals surface area contributed by atoms with Crippen LogP contribution in [0.3, 0.4) is 0 Å². The summed E-state index contributed by atoms with van der Waals surface area (Å²) in [5, 5.41) is 3.52. The van der Waals surface area contributed by atoms with Crippen LogP contribution in [0.15, 0.2) is 64.6 Å². The van der Waals surface area contributed by atoms with Crippen LogP contribution in [0.4, 0.5) is 5.69 Å². The van der Waals surface area contributed by atoms with Crippen LogP contribution in [0, 0.1) is 6.92 Å². The van der Waals surface area contributed by atoms with Gasteiger partial charge in [-0.05, 0) is 49.6 Å². The fourth-order valence-corrected chi connectivity index (χ4v) is 5.87. The van der Waals surface area contributed by atoms with E-state index in [2.05, 4.69) is 27.4 Å². The molecule has 0 atom stereocenters. The smallest absolute Gasteiger partial charge is 0.243 e. The van der Waals surface area contributed by atoms with Gasteiger partial charge in [-0.3, -0.25) is 4.79 Å². The van der Waals surface area contributed by atoms with E-state index in [-0.39, 0.29) is 16.6 Å². The number of anilines is 1. The normalized spacial score (nSPS) is 14.5. The van der Waals surface area contributed by atoms with E-state index in [0.717, 1.165) is 30.7 Å². The molecule has 2 N–H and O–H groups in total. The highest BCUT2D eigenvalue weighted by Crippen LogP contribution is 2.23. The molecule has 0 aliphatic carbocycles. The molecule has 0 unspecified atom stereocenters. The van der Waals surface area contributed by atoms with Gasteiger partial charge in [-0.25, -0.2) is 13.4 Å². The second kappa shape index (κ2) is 9.89. The molecule has 0 radical (unpaired) electrons. The summed E-state index contributed by atoms with van der Waals surface area (Å²) >= 11 is 1.34. The maximum absolute atomic E-state index is 12.6. The van der Waals surface area contributed by atoms with Gasteiger partial charge in [0.25, 0.3) is 0 Å². The van der Waals surface area contributed by atoms with Crippen LogP contribution in [0.2, 0.25) is 0 Å². The lowest BCUT2D eigenvalue weighted by atomic mass is 10.1. The van der Waals surface area contributed by atoms with Gasteiger partial charge >= 0.3 is 0 Å². The monoisotopic (exact) mass is 470 g/mol. The quantitative estimate of drug-likeness (QED) is 0.488. The molecule has 1 aromatic heterocycles. The fourth-order valence-electron chi connectivity index (χ4n) is 3.62. The maximum Gasteiger partial charge on any atom is 0.243 e. The highest BCUT2D eigenvalue weighted by Gasteiger charge is 2.26. The number of imidazole rings is 1. The van der Waals surface area contributed by atoms with Crippen LogP contribution in [0.25, 0.3) is 0 Å². The predicted octanol–water partition coefficient (Wildman–Crippen LogP) is 3.82. The summed E-state index contributed by atoms with van der Waals surface area (Å²) < 4.78 is 26.7. The Morgan fingerprint density at radius 1 is 1.09 bits per heavy atom. The van der Waals surface area contributed by atoms with E-state index >= 15 is 0 Å². The molecule has 4 rings (SSSR count). The SMILES string of the molecule is Cc1[nH]c(SCC(=O)Nc2ccc(S(=O)(=O)N3CCCC3)cc2)nc1Cc1ccccc1. The van der Waals surface area contributed by atoms with E-state index in [0.29, 0.717) is 23.9 Å². The minimum atomic E-state index is -3.45. The minimum absolute atomic E-state index is 0.177. The second-order valence-electron chi connectivity index (χ2n) is 7.75. The van der Waals surface area contributed by atoms with Crippen molar-refractivity contribution >= 4 is 33.4 Å². The van der Waals surface area contributed by atoms with Crippen molar-refractivity contribution < 1.29 is 13.2 Å². The molecule has 7 nitrogen and oxygen atoms in total. The first-order chi connectivity index (χ1) is 15.4. The van der Waals surface area contributed by atoms with Gasteiger partial charge in [-0.2, -0.15) is 4.31 Å². The molecule has 32 heavy (non-hydrogen) atoms. The number of amides is 1. The van der Waals surface area contributed by atoms with Gasteiger partial charge < -0.3 is 10.3 Å². The second-order valence-corrected chi connectivity index (χ2v) is 10.7. The van der Waals surface area contributed by atoms with Gasteiger partial charge in [0, 0.05) is 30.9 Å². The van der Waals surface area contributed by atoms with Crippen molar-refractivity contribution in [2.45, 2.75) is 36.2 Å². The summed E-state index contributed by atoms with van der Waals surface area (Å²) in [7, 11) is -3.45. The lowest BCUT2D eigenvalue weighted by Gasteiger charge is -2.15. The molecule has 9 heteroatoms. The summed E-state index contributed by atoms with van der Waals surface area (Å²) in [6.45, 7) is 3.11. The summed E-state index contributed by atoms with van der Waals surface area (Å²) in [4.78, 5) is 20.5. The Morgan fingerprint density at radius 3 is 2.47 bits per heavy atom. The largest absolute Gasteiger partial charge is 0.337 e. The van der Waals surface area contributed by atoms with Crippen LogP contribution in [0.1, 0.15) is 29.8 Å². The van der Waals surface area contributed by atoms with Gasteiger partial charge in [0.1, 0.15) is 0 Å². The molecule has 0 saturated carbocycles.